The zero-order valence-corrected chi connectivity index (χ0v) is 16.6. The van der Waals surface area contributed by atoms with Crippen molar-refractivity contribution in [3.63, 3.8) is 0 Å². The van der Waals surface area contributed by atoms with Crippen LogP contribution in [0.25, 0.3) is 0 Å². The summed E-state index contributed by atoms with van der Waals surface area (Å²) in [6, 6.07) is 12.7. The predicted octanol–water partition coefficient (Wildman–Crippen LogP) is 3.42. The number of halogens is 1. The second-order valence-corrected chi connectivity index (χ2v) is 6.86. The molecule has 6 nitrogen and oxygen atoms in total. The number of carbonyl (C=O) groups is 2. The van der Waals surface area contributed by atoms with Gasteiger partial charge in [-0.3, -0.25) is 4.79 Å². The van der Waals surface area contributed by atoms with Gasteiger partial charge in [0.15, 0.2) is 18.1 Å². The molecule has 0 aliphatic carbocycles. The van der Waals surface area contributed by atoms with Crippen LogP contribution in [0.15, 0.2) is 47.4 Å². The molecule has 144 valence electrons. The molecule has 0 atom stereocenters. The molecular weight excluding hydrogens is 390 g/mol. The Hall–Kier alpha value is -2.38. The normalized spacial score (nSPS) is 10.2. The lowest BCUT2D eigenvalue weighted by molar-refractivity contribution is -0.124. The molecule has 0 saturated heterocycles. The summed E-state index contributed by atoms with van der Waals surface area (Å²) >= 11 is 7.69. The van der Waals surface area contributed by atoms with E-state index in [4.69, 9.17) is 25.8 Å². The number of thioether (sulfide) groups is 1. The number of benzene rings is 2. The molecule has 0 bridgehead atoms. The fourth-order valence-corrected chi connectivity index (χ4v) is 3.25. The minimum absolute atomic E-state index is 0.171. The number of nitrogens with one attached hydrogen (secondary N) is 1. The van der Waals surface area contributed by atoms with Gasteiger partial charge in [-0.2, -0.15) is 0 Å². The largest absolute Gasteiger partial charge is 0.493 e. The van der Waals surface area contributed by atoms with E-state index < -0.39 is 5.97 Å². The van der Waals surface area contributed by atoms with Gasteiger partial charge in [0, 0.05) is 17.2 Å². The molecule has 2 aromatic carbocycles. The molecule has 8 heteroatoms. The zero-order valence-electron chi connectivity index (χ0n) is 15.0. The highest BCUT2D eigenvalue weighted by Crippen LogP contribution is 2.36. The Bertz CT molecular complexity index is 785. The van der Waals surface area contributed by atoms with Crippen LogP contribution in [0.3, 0.4) is 0 Å². The standard InChI is InChI=1S/C19H20ClNO5S/c1-24-16-11-13(10-15(20)18(16)25-2)19(23)26-12-17(22)21-8-9-27-14-6-4-3-5-7-14/h3-7,10-11H,8-9,12H2,1-2H3,(H,21,22). The molecular formula is C19H20ClNO5S. The Morgan fingerprint density at radius 2 is 1.85 bits per heavy atom. The molecule has 0 unspecified atom stereocenters. The van der Waals surface area contributed by atoms with E-state index in [0.29, 0.717) is 18.0 Å². The van der Waals surface area contributed by atoms with Crippen LogP contribution in [-0.2, 0) is 9.53 Å². The van der Waals surface area contributed by atoms with Crippen molar-refractivity contribution in [1.29, 1.82) is 0 Å². The number of amides is 1. The predicted molar refractivity (Wildman–Crippen MR) is 105 cm³/mol. The second kappa shape index (κ2) is 10.7. The zero-order chi connectivity index (χ0) is 19.6. The van der Waals surface area contributed by atoms with Crippen LogP contribution < -0.4 is 14.8 Å². The van der Waals surface area contributed by atoms with Crippen LogP contribution >= 0.6 is 23.4 Å². The molecule has 2 rings (SSSR count). The molecule has 0 spiro atoms. The first-order valence-corrected chi connectivity index (χ1v) is 9.44. The molecule has 0 fully saturated rings. The van der Waals surface area contributed by atoms with Gasteiger partial charge in [0.05, 0.1) is 24.8 Å². The van der Waals surface area contributed by atoms with E-state index in [2.05, 4.69) is 5.32 Å². The van der Waals surface area contributed by atoms with Crippen molar-refractivity contribution in [2.24, 2.45) is 0 Å². The summed E-state index contributed by atoms with van der Waals surface area (Å²) in [5.41, 5.74) is 0.171. The van der Waals surface area contributed by atoms with Crippen molar-refractivity contribution in [3.05, 3.63) is 53.1 Å². The van der Waals surface area contributed by atoms with Crippen LogP contribution in [0.5, 0.6) is 11.5 Å². The van der Waals surface area contributed by atoms with Gasteiger partial charge in [-0.15, -0.1) is 11.8 Å². The molecule has 27 heavy (non-hydrogen) atoms. The van der Waals surface area contributed by atoms with Crippen LogP contribution in [-0.4, -0.2) is 45.0 Å². The number of carbonyl (C=O) groups excluding carboxylic acids is 2. The van der Waals surface area contributed by atoms with E-state index >= 15 is 0 Å². The fraction of sp³-hybridized carbons (Fsp3) is 0.263. The number of hydrogen-bond donors (Lipinski definition) is 1. The van der Waals surface area contributed by atoms with Crippen LogP contribution in [0.2, 0.25) is 5.02 Å². The lowest BCUT2D eigenvalue weighted by Gasteiger charge is -2.11. The Morgan fingerprint density at radius 1 is 1.11 bits per heavy atom. The van der Waals surface area contributed by atoms with Gasteiger partial charge < -0.3 is 19.5 Å². The molecule has 0 aliphatic rings. The van der Waals surface area contributed by atoms with E-state index in [9.17, 15) is 9.59 Å². The molecule has 2 aromatic rings. The molecule has 0 radical (unpaired) electrons. The Labute approximate surface area is 167 Å². The smallest absolute Gasteiger partial charge is 0.338 e. The third-order valence-electron chi connectivity index (χ3n) is 3.44. The number of hydrogen-bond acceptors (Lipinski definition) is 6. The van der Waals surface area contributed by atoms with Crippen molar-refractivity contribution in [1.82, 2.24) is 5.32 Å². The fourth-order valence-electron chi connectivity index (χ4n) is 2.18. The van der Waals surface area contributed by atoms with Gasteiger partial charge in [0.2, 0.25) is 0 Å². The molecule has 0 aliphatic heterocycles. The Balaban J connectivity index is 1.77. The summed E-state index contributed by atoms with van der Waals surface area (Å²) < 4.78 is 15.3. The molecule has 1 N–H and O–H groups in total. The average Bonchev–Trinajstić information content (AvgIpc) is 2.69. The minimum atomic E-state index is -0.674. The third kappa shape index (κ3) is 6.37. The Morgan fingerprint density at radius 3 is 2.52 bits per heavy atom. The minimum Gasteiger partial charge on any atom is -0.493 e. The van der Waals surface area contributed by atoms with Crippen molar-refractivity contribution in [3.8, 4) is 11.5 Å². The number of esters is 1. The maximum atomic E-state index is 12.1. The lowest BCUT2D eigenvalue weighted by atomic mass is 10.2. The van der Waals surface area contributed by atoms with E-state index in [0.717, 1.165) is 10.6 Å². The van der Waals surface area contributed by atoms with Crippen molar-refractivity contribution < 1.29 is 23.8 Å². The highest BCUT2D eigenvalue weighted by atomic mass is 35.5. The SMILES string of the molecule is COc1cc(C(=O)OCC(=O)NCCSc2ccccc2)cc(Cl)c1OC. The van der Waals surface area contributed by atoms with E-state index in [-0.39, 0.29) is 23.1 Å². The lowest BCUT2D eigenvalue weighted by Crippen LogP contribution is -2.30. The summed E-state index contributed by atoms with van der Waals surface area (Å²) in [6.07, 6.45) is 0. The van der Waals surface area contributed by atoms with Gasteiger partial charge in [-0.05, 0) is 24.3 Å². The first-order chi connectivity index (χ1) is 13.0. The first-order valence-electron chi connectivity index (χ1n) is 8.08. The van der Waals surface area contributed by atoms with Crippen molar-refractivity contribution in [2.75, 3.05) is 33.1 Å². The maximum Gasteiger partial charge on any atom is 0.338 e. The second-order valence-electron chi connectivity index (χ2n) is 5.28. The average molecular weight is 410 g/mol. The van der Waals surface area contributed by atoms with Crippen molar-refractivity contribution in [2.45, 2.75) is 4.90 Å². The van der Waals surface area contributed by atoms with Gasteiger partial charge >= 0.3 is 5.97 Å². The molecule has 0 saturated carbocycles. The molecule has 0 aromatic heterocycles. The Kier molecular flexibility index (Phi) is 8.29. The summed E-state index contributed by atoms with van der Waals surface area (Å²) in [5, 5.41) is 2.92. The highest BCUT2D eigenvalue weighted by molar-refractivity contribution is 7.99. The van der Waals surface area contributed by atoms with Crippen molar-refractivity contribution >= 4 is 35.2 Å². The summed E-state index contributed by atoms with van der Waals surface area (Å²) in [6.45, 7) is 0.0962. The van der Waals surface area contributed by atoms with Gasteiger partial charge in [0.25, 0.3) is 5.91 Å². The third-order valence-corrected chi connectivity index (χ3v) is 4.73. The van der Waals surface area contributed by atoms with Crippen LogP contribution in [0.1, 0.15) is 10.4 Å². The number of ether oxygens (including phenoxy) is 3. The van der Waals surface area contributed by atoms with Gasteiger partial charge in [-0.25, -0.2) is 4.79 Å². The number of methoxy groups -OCH3 is 2. The summed E-state index contributed by atoms with van der Waals surface area (Å²) in [4.78, 5) is 25.1. The van der Waals surface area contributed by atoms with E-state index in [1.165, 1.54) is 26.4 Å². The monoisotopic (exact) mass is 409 g/mol. The van der Waals surface area contributed by atoms with Crippen LogP contribution in [0.4, 0.5) is 0 Å². The number of rotatable bonds is 9. The summed E-state index contributed by atoms with van der Waals surface area (Å²) in [5.74, 6) is 0.300. The quantitative estimate of drug-likeness (QED) is 0.388. The van der Waals surface area contributed by atoms with Gasteiger partial charge in [-0.1, -0.05) is 29.8 Å². The molecule has 1 amide bonds. The first kappa shape index (κ1) is 20.9. The van der Waals surface area contributed by atoms with Gasteiger partial charge in [0.1, 0.15) is 0 Å². The highest BCUT2D eigenvalue weighted by Gasteiger charge is 2.17. The molecule has 0 heterocycles. The van der Waals surface area contributed by atoms with Crippen LogP contribution in [0, 0.1) is 0 Å². The summed E-state index contributed by atoms with van der Waals surface area (Å²) in [7, 11) is 2.88. The maximum absolute atomic E-state index is 12.1. The van der Waals surface area contributed by atoms with E-state index in [1.54, 1.807) is 11.8 Å². The van der Waals surface area contributed by atoms with E-state index in [1.807, 2.05) is 30.3 Å². The topological polar surface area (TPSA) is 73.9 Å².